The summed E-state index contributed by atoms with van der Waals surface area (Å²) in [5.74, 6) is 0.906. The van der Waals surface area contributed by atoms with Gasteiger partial charge in [-0.05, 0) is 43.4 Å². The van der Waals surface area contributed by atoms with Crippen LogP contribution in [0.2, 0.25) is 0 Å². The van der Waals surface area contributed by atoms with E-state index in [1.807, 2.05) is 24.5 Å². The zero-order valence-corrected chi connectivity index (χ0v) is 14.4. The van der Waals surface area contributed by atoms with Gasteiger partial charge in [0.25, 0.3) is 0 Å². The van der Waals surface area contributed by atoms with Crippen LogP contribution >= 0.6 is 11.8 Å². The van der Waals surface area contributed by atoms with Crippen LogP contribution in [0.3, 0.4) is 0 Å². The van der Waals surface area contributed by atoms with Crippen LogP contribution < -0.4 is 5.32 Å². The lowest BCUT2D eigenvalue weighted by atomic mass is 10.1. The fourth-order valence-corrected chi connectivity index (χ4v) is 3.16. The lowest BCUT2D eigenvalue weighted by molar-refractivity contribution is 0.841. The van der Waals surface area contributed by atoms with Crippen LogP contribution in [0.1, 0.15) is 17.0 Å². The molecule has 1 aromatic heterocycles. The average Bonchev–Trinajstić information content (AvgIpc) is 2.98. The van der Waals surface area contributed by atoms with Crippen molar-refractivity contribution in [1.29, 1.82) is 0 Å². The predicted octanol–water partition coefficient (Wildman–Crippen LogP) is 4.22. The minimum atomic E-state index is 0.633. The molecule has 0 bridgehead atoms. The van der Waals surface area contributed by atoms with Crippen molar-refractivity contribution in [1.82, 2.24) is 14.8 Å². The summed E-state index contributed by atoms with van der Waals surface area (Å²) in [5, 5.41) is 13.1. The number of nitrogens with zero attached hydrogens (tertiary/aromatic N) is 3. The topological polar surface area (TPSA) is 42.7 Å². The maximum Gasteiger partial charge on any atom is 0.195 e. The molecule has 3 rings (SSSR count). The van der Waals surface area contributed by atoms with Crippen LogP contribution in [-0.4, -0.2) is 21.0 Å². The maximum atomic E-state index is 4.37. The van der Waals surface area contributed by atoms with Gasteiger partial charge in [0, 0.05) is 11.4 Å². The van der Waals surface area contributed by atoms with Gasteiger partial charge in [0.1, 0.15) is 0 Å². The molecular weight excluding hydrogens is 304 g/mol. The number of hydrogen-bond donors (Lipinski definition) is 1. The van der Waals surface area contributed by atoms with Gasteiger partial charge in [0.2, 0.25) is 0 Å². The molecule has 118 valence electrons. The van der Waals surface area contributed by atoms with Crippen molar-refractivity contribution in [2.75, 3.05) is 11.6 Å². The Hall–Kier alpha value is -2.27. The Morgan fingerprint density at radius 2 is 1.65 bits per heavy atom. The van der Waals surface area contributed by atoms with Crippen molar-refractivity contribution in [3.05, 3.63) is 65.5 Å². The summed E-state index contributed by atoms with van der Waals surface area (Å²) >= 11 is 1.60. The maximum absolute atomic E-state index is 4.37. The number of anilines is 1. The molecule has 0 aliphatic rings. The van der Waals surface area contributed by atoms with Gasteiger partial charge in [-0.2, -0.15) is 0 Å². The Labute approximate surface area is 141 Å². The van der Waals surface area contributed by atoms with Crippen LogP contribution in [-0.2, 0) is 6.54 Å². The van der Waals surface area contributed by atoms with E-state index in [2.05, 4.69) is 64.3 Å². The van der Waals surface area contributed by atoms with Gasteiger partial charge >= 0.3 is 0 Å². The highest BCUT2D eigenvalue weighted by atomic mass is 32.2. The second kappa shape index (κ2) is 6.87. The Balaban J connectivity index is 1.91. The second-order valence-corrected chi connectivity index (χ2v) is 6.17. The van der Waals surface area contributed by atoms with E-state index < -0.39 is 0 Å². The van der Waals surface area contributed by atoms with Crippen molar-refractivity contribution < 1.29 is 0 Å². The molecule has 0 unspecified atom stereocenters. The van der Waals surface area contributed by atoms with Gasteiger partial charge in [-0.1, -0.05) is 48.2 Å². The van der Waals surface area contributed by atoms with Crippen LogP contribution in [0, 0.1) is 13.8 Å². The number of nitrogens with one attached hydrogen (secondary N) is 1. The number of para-hydroxylation sites is 2. The van der Waals surface area contributed by atoms with Gasteiger partial charge in [-0.25, -0.2) is 0 Å². The molecule has 0 radical (unpaired) electrons. The third-order valence-electron chi connectivity index (χ3n) is 3.80. The first kappa shape index (κ1) is 15.6. The average molecular weight is 324 g/mol. The zero-order valence-electron chi connectivity index (χ0n) is 13.6. The second-order valence-electron chi connectivity index (χ2n) is 5.39. The quantitative estimate of drug-likeness (QED) is 0.714. The molecule has 2 aromatic carbocycles. The molecule has 0 amide bonds. The normalized spacial score (nSPS) is 10.7. The number of hydrogen-bond acceptors (Lipinski definition) is 4. The lowest BCUT2D eigenvalue weighted by Crippen LogP contribution is -2.09. The largest absolute Gasteiger partial charge is 0.377 e. The van der Waals surface area contributed by atoms with E-state index in [-0.39, 0.29) is 0 Å². The first-order valence-corrected chi connectivity index (χ1v) is 8.77. The number of aryl methyl sites for hydroxylation is 2. The smallest absolute Gasteiger partial charge is 0.195 e. The predicted molar refractivity (Wildman–Crippen MR) is 96.4 cm³/mol. The van der Waals surface area contributed by atoms with Gasteiger partial charge in [-0.3, -0.25) is 4.57 Å². The van der Waals surface area contributed by atoms with E-state index >= 15 is 0 Å². The first-order chi connectivity index (χ1) is 11.2. The molecule has 0 spiro atoms. The van der Waals surface area contributed by atoms with E-state index in [1.54, 1.807) is 11.8 Å². The van der Waals surface area contributed by atoms with Crippen LogP contribution in [0.25, 0.3) is 5.69 Å². The van der Waals surface area contributed by atoms with E-state index in [0.29, 0.717) is 6.54 Å². The molecule has 1 N–H and O–H groups in total. The van der Waals surface area contributed by atoms with Crippen molar-refractivity contribution in [2.45, 2.75) is 25.5 Å². The molecule has 0 aliphatic heterocycles. The summed E-state index contributed by atoms with van der Waals surface area (Å²) in [6.45, 7) is 4.86. The third-order valence-corrected chi connectivity index (χ3v) is 4.43. The number of aromatic nitrogens is 3. The Morgan fingerprint density at radius 3 is 2.30 bits per heavy atom. The molecule has 5 heteroatoms. The summed E-state index contributed by atoms with van der Waals surface area (Å²) in [7, 11) is 0. The third kappa shape index (κ3) is 3.24. The molecule has 0 fully saturated rings. The van der Waals surface area contributed by atoms with E-state index in [4.69, 9.17) is 0 Å². The highest BCUT2D eigenvalue weighted by molar-refractivity contribution is 7.98. The monoisotopic (exact) mass is 324 g/mol. The molecule has 4 nitrogen and oxygen atoms in total. The molecular formula is C18H20N4S. The van der Waals surface area contributed by atoms with Crippen LogP contribution in [0.4, 0.5) is 5.69 Å². The van der Waals surface area contributed by atoms with Gasteiger partial charge < -0.3 is 5.32 Å². The Kier molecular flexibility index (Phi) is 4.67. The number of benzene rings is 2. The minimum absolute atomic E-state index is 0.633. The van der Waals surface area contributed by atoms with Crippen molar-refractivity contribution in [3.8, 4) is 5.69 Å². The van der Waals surface area contributed by atoms with E-state index in [1.165, 1.54) is 16.8 Å². The highest BCUT2D eigenvalue weighted by Crippen LogP contribution is 2.23. The number of rotatable bonds is 5. The van der Waals surface area contributed by atoms with Gasteiger partial charge in [0.05, 0.1) is 6.54 Å². The van der Waals surface area contributed by atoms with Gasteiger partial charge in [0.15, 0.2) is 11.0 Å². The molecule has 0 atom stereocenters. The molecule has 0 saturated carbocycles. The molecule has 0 aliphatic carbocycles. The first-order valence-electron chi connectivity index (χ1n) is 7.54. The summed E-state index contributed by atoms with van der Waals surface area (Å²) in [6.07, 6.45) is 2.02. The molecule has 23 heavy (non-hydrogen) atoms. The zero-order chi connectivity index (χ0) is 16.2. The van der Waals surface area contributed by atoms with E-state index in [9.17, 15) is 0 Å². The van der Waals surface area contributed by atoms with Crippen molar-refractivity contribution in [2.24, 2.45) is 0 Å². The Bertz CT molecular complexity index is 776. The summed E-state index contributed by atoms with van der Waals surface area (Å²) < 4.78 is 2.10. The summed E-state index contributed by atoms with van der Waals surface area (Å²) in [5.41, 5.74) is 4.72. The highest BCUT2D eigenvalue weighted by Gasteiger charge is 2.13. The Morgan fingerprint density at radius 1 is 0.957 bits per heavy atom. The lowest BCUT2D eigenvalue weighted by Gasteiger charge is -2.14. The SMILES string of the molecule is CSc1nnc(CNc2c(C)cccc2C)n1-c1ccccc1. The summed E-state index contributed by atoms with van der Waals surface area (Å²) in [4.78, 5) is 0. The summed E-state index contributed by atoms with van der Waals surface area (Å²) in [6, 6.07) is 16.5. The molecule has 3 aromatic rings. The fraction of sp³-hybridized carbons (Fsp3) is 0.222. The van der Waals surface area contributed by atoms with Crippen LogP contribution in [0.15, 0.2) is 53.7 Å². The number of thioether (sulfide) groups is 1. The molecule has 1 heterocycles. The standard InChI is InChI=1S/C18H20N4S/c1-13-8-7-9-14(2)17(13)19-12-16-20-21-18(23-3)22(16)15-10-5-4-6-11-15/h4-11,19H,12H2,1-3H3. The fourth-order valence-electron chi connectivity index (χ4n) is 2.64. The van der Waals surface area contributed by atoms with Crippen LogP contribution in [0.5, 0.6) is 0 Å². The van der Waals surface area contributed by atoms with Crippen molar-refractivity contribution >= 4 is 17.4 Å². The minimum Gasteiger partial charge on any atom is -0.377 e. The molecule has 0 saturated heterocycles. The van der Waals surface area contributed by atoms with E-state index in [0.717, 1.165) is 16.7 Å². The van der Waals surface area contributed by atoms with Crippen molar-refractivity contribution in [3.63, 3.8) is 0 Å². The van der Waals surface area contributed by atoms with Gasteiger partial charge in [-0.15, -0.1) is 10.2 Å².